The number of benzene rings is 2. The molecule has 3 rings (SSSR count). The highest BCUT2D eigenvalue weighted by Crippen LogP contribution is 2.65. The third kappa shape index (κ3) is 5.49. The summed E-state index contributed by atoms with van der Waals surface area (Å²) < 4.78 is 79.2. The van der Waals surface area contributed by atoms with E-state index in [4.69, 9.17) is 34.8 Å². The highest BCUT2D eigenvalue weighted by atomic mass is 35.5. The van der Waals surface area contributed by atoms with Gasteiger partial charge in [0.05, 0.1) is 17.5 Å². The average Bonchev–Trinajstić information content (AvgIpc) is 3.32. The third-order valence-corrected chi connectivity index (χ3v) is 6.84. The lowest BCUT2D eigenvalue weighted by Gasteiger charge is -2.23. The van der Waals surface area contributed by atoms with Crippen molar-refractivity contribution >= 4 is 52.3 Å². The maximum absolute atomic E-state index is 14.4. The van der Waals surface area contributed by atoms with Crippen LogP contribution in [0.2, 0.25) is 5.02 Å². The molecule has 4 nitrogen and oxygen atoms in total. The Morgan fingerprint density at radius 2 is 1.69 bits per heavy atom. The normalized spacial score (nSPS) is 19.3. The molecule has 2 N–H and O–H groups in total. The number of amides is 2. The minimum atomic E-state index is -4.55. The Kier molecular flexibility index (Phi) is 7.34. The average molecular weight is 562 g/mol. The summed E-state index contributed by atoms with van der Waals surface area (Å²) in [6.45, 7) is -0.531. The van der Waals surface area contributed by atoms with Crippen molar-refractivity contribution in [3.05, 3.63) is 63.7 Å². The minimum Gasteiger partial charge on any atom is -0.346 e. The fourth-order valence-electron chi connectivity index (χ4n) is 3.42. The molecule has 0 aliphatic heterocycles. The highest BCUT2D eigenvalue weighted by molar-refractivity contribution is 6.53. The molecule has 2 atom stereocenters. The van der Waals surface area contributed by atoms with E-state index >= 15 is 0 Å². The first-order chi connectivity index (χ1) is 16.0. The summed E-state index contributed by atoms with van der Waals surface area (Å²) in [7, 11) is 0. The molecule has 1 saturated carbocycles. The maximum Gasteiger partial charge on any atom is 0.326 e. The molecule has 2 aromatic carbocycles. The molecule has 0 radical (unpaired) electrons. The van der Waals surface area contributed by atoms with E-state index in [1.807, 2.05) is 0 Å². The Labute approximate surface area is 210 Å². The fraction of sp³-hybridized carbons (Fsp3) is 0.364. The molecule has 13 heteroatoms. The summed E-state index contributed by atoms with van der Waals surface area (Å²) in [5.74, 6) is -14.5. The molecule has 2 unspecified atom stereocenters. The summed E-state index contributed by atoms with van der Waals surface area (Å²) in [5, 5.41) is 3.78. The number of halogens is 9. The van der Waals surface area contributed by atoms with Crippen LogP contribution in [0.4, 0.5) is 32.0 Å². The standard InChI is InChI=1S/C22H17Cl3F6N2O2/c1-9-12(18(34)32-8-21(30,31)20(2,28)29)6-11(7-15(9)27)33-19(35)17-16(22(17,24)25)10-3-4-14(26)13(23)5-10/h3-7,16-17H,8H2,1-2H3,(H,32,34)(H,33,35). The Morgan fingerprint density at radius 1 is 1.06 bits per heavy atom. The monoisotopic (exact) mass is 560 g/mol. The van der Waals surface area contributed by atoms with E-state index < -0.39 is 63.6 Å². The van der Waals surface area contributed by atoms with Gasteiger partial charge >= 0.3 is 11.8 Å². The summed E-state index contributed by atoms with van der Waals surface area (Å²) in [5.41, 5.74) is -0.578. The van der Waals surface area contributed by atoms with Gasteiger partial charge in [0.15, 0.2) is 0 Å². The van der Waals surface area contributed by atoms with Gasteiger partial charge in [-0.3, -0.25) is 9.59 Å². The zero-order valence-corrected chi connectivity index (χ0v) is 20.2. The van der Waals surface area contributed by atoms with Crippen molar-refractivity contribution in [2.75, 3.05) is 11.9 Å². The van der Waals surface area contributed by atoms with Gasteiger partial charge in [0, 0.05) is 24.1 Å². The predicted octanol–water partition coefficient (Wildman–Crippen LogP) is 6.47. The molecule has 0 saturated heterocycles. The van der Waals surface area contributed by atoms with Crippen LogP contribution in [-0.2, 0) is 4.79 Å². The van der Waals surface area contributed by atoms with Crippen LogP contribution < -0.4 is 10.6 Å². The molecule has 1 aliphatic carbocycles. The Hall–Kier alpha value is -2.17. The van der Waals surface area contributed by atoms with Gasteiger partial charge in [-0.25, -0.2) is 17.6 Å². The van der Waals surface area contributed by atoms with Crippen LogP contribution >= 0.6 is 34.8 Å². The topological polar surface area (TPSA) is 58.2 Å². The number of hydrogen-bond donors (Lipinski definition) is 2. The largest absolute Gasteiger partial charge is 0.346 e. The zero-order valence-electron chi connectivity index (χ0n) is 18.0. The number of rotatable bonds is 7. The van der Waals surface area contributed by atoms with Crippen LogP contribution in [0.1, 0.15) is 34.3 Å². The van der Waals surface area contributed by atoms with Gasteiger partial charge in [-0.05, 0) is 42.3 Å². The van der Waals surface area contributed by atoms with Crippen molar-refractivity contribution in [1.82, 2.24) is 5.32 Å². The van der Waals surface area contributed by atoms with Crippen molar-refractivity contribution in [2.45, 2.75) is 35.9 Å². The Morgan fingerprint density at radius 3 is 2.26 bits per heavy atom. The van der Waals surface area contributed by atoms with E-state index in [2.05, 4.69) is 5.32 Å². The fourth-order valence-corrected chi connectivity index (χ4v) is 4.44. The molecule has 1 fully saturated rings. The maximum atomic E-state index is 14.4. The molecule has 0 heterocycles. The number of nitrogens with one attached hydrogen (secondary N) is 2. The number of alkyl halides is 6. The van der Waals surface area contributed by atoms with Crippen molar-refractivity contribution < 1.29 is 35.9 Å². The first-order valence-electron chi connectivity index (χ1n) is 9.95. The van der Waals surface area contributed by atoms with Crippen LogP contribution in [0.15, 0.2) is 30.3 Å². The second-order valence-corrected chi connectivity index (χ2v) is 10.1. The van der Waals surface area contributed by atoms with E-state index in [0.29, 0.717) is 5.56 Å². The summed E-state index contributed by atoms with van der Waals surface area (Å²) in [6, 6.07) is 5.55. The lowest BCUT2D eigenvalue weighted by molar-refractivity contribution is -0.192. The summed E-state index contributed by atoms with van der Waals surface area (Å²) in [4.78, 5) is 25.1. The minimum absolute atomic E-state index is 0.000954. The van der Waals surface area contributed by atoms with E-state index in [9.17, 15) is 35.9 Å². The number of hydrogen-bond acceptors (Lipinski definition) is 2. The van der Waals surface area contributed by atoms with Crippen molar-refractivity contribution in [1.29, 1.82) is 0 Å². The van der Waals surface area contributed by atoms with Crippen LogP contribution in [0.5, 0.6) is 0 Å². The molecule has 1 aliphatic rings. The van der Waals surface area contributed by atoms with Gasteiger partial charge in [0.2, 0.25) is 5.91 Å². The van der Waals surface area contributed by atoms with E-state index in [1.165, 1.54) is 19.1 Å². The van der Waals surface area contributed by atoms with Crippen LogP contribution in [0.3, 0.4) is 0 Å². The molecule has 0 aromatic heterocycles. The molecule has 35 heavy (non-hydrogen) atoms. The molecular weight excluding hydrogens is 545 g/mol. The van der Waals surface area contributed by atoms with Gasteiger partial charge in [0.1, 0.15) is 16.0 Å². The lowest BCUT2D eigenvalue weighted by Crippen LogP contribution is -2.47. The highest BCUT2D eigenvalue weighted by Gasteiger charge is 2.67. The van der Waals surface area contributed by atoms with Gasteiger partial charge in [-0.1, -0.05) is 17.7 Å². The molecule has 0 spiro atoms. The summed E-state index contributed by atoms with van der Waals surface area (Å²) >= 11 is 18.2. The van der Waals surface area contributed by atoms with Crippen molar-refractivity contribution in [3.8, 4) is 0 Å². The van der Waals surface area contributed by atoms with Gasteiger partial charge in [0.25, 0.3) is 5.91 Å². The number of anilines is 1. The van der Waals surface area contributed by atoms with Gasteiger partial charge in [-0.15, -0.1) is 23.2 Å². The predicted molar refractivity (Wildman–Crippen MR) is 120 cm³/mol. The van der Waals surface area contributed by atoms with Crippen LogP contribution in [0.25, 0.3) is 0 Å². The van der Waals surface area contributed by atoms with E-state index in [-0.39, 0.29) is 23.2 Å². The van der Waals surface area contributed by atoms with Crippen LogP contribution in [0, 0.1) is 24.5 Å². The third-order valence-electron chi connectivity index (χ3n) is 5.61. The molecule has 190 valence electrons. The first kappa shape index (κ1) is 27.4. The van der Waals surface area contributed by atoms with Gasteiger partial charge in [-0.2, -0.15) is 8.78 Å². The molecule has 2 amide bonds. The van der Waals surface area contributed by atoms with Crippen LogP contribution in [-0.4, -0.2) is 34.5 Å². The van der Waals surface area contributed by atoms with Crippen molar-refractivity contribution in [3.63, 3.8) is 0 Å². The Balaban J connectivity index is 1.78. The number of carbonyl (C=O) groups excluding carboxylic acids is 2. The quantitative estimate of drug-likeness (QED) is 0.301. The second kappa shape index (κ2) is 9.37. The summed E-state index contributed by atoms with van der Waals surface area (Å²) in [6.07, 6.45) is 0. The van der Waals surface area contributed by atoms with E-state index in [0.717, 1.165) is 18.2 Å². The smallest absolute Gasteiger partial charge is 0.326 e. The van der Waals surface area contributed by atoms with Crippen molar-refractivity contribution in [2.24, 2.45) is 5.92 Å². The lowest BCUT2D eigenvalue weighted by atomic mass is 10.1. The Bertz CT molecular complexity index is 1190. The molecule has 2 aromatic rings. The van der Waals surface area contributed by atoms with E-state index in [1.54, 1.807) is 5.32 Å². The number of carbonyl (C=O) groups is 2. The molecule has 0 bridgehead atoms. The second-order valence-electron chi connectivity index (χ2n) is 8.20. The van der Waals surface area contributed by atoms with Gasteiger partial charge < -0.3 is 10.6 Å². The molecular formula is C22H17Cl3F6N2O2. The zero-order chi connectivity index (χ0) is 26.5. The first-order valence-corrected chi connectivity index (χ1v) is 11.1. The SMILES string of the molecule is Cc1c(F)cc(NC(=O)C2C(c3ccc(F)c(Cl)c3)C2(Cl)Cl)cc1C(=O)NCC(F)(F)C(C)(F)F.